The smallest absolute Gasteiger partial charge is 0.312 e. The Labute approximate surface area is 135 Å². The maximum atomic E-state index is 12.4. The standard InChI is InChI=1S/C16H24N4O3/c1-10(2)8-12(14(17)21)19-15(22)13(20-16(18)23)9-11-6-4-3-5-7-11/h3-7,10,12-13H,8-9H2,1-2H3,(H2,17,21)(H,19,22)(H3,18,20,23)/t12-,13-/m0/s1. The fourth-order valence-corrected chi connectivity index (χ4v) is 2.22. The van der Waals surface area contributed by atoms with Crippen molar-refractivity contribution in [1.82, 2.24) is 10.6 Å². The Morgan fingerprint density at radius 2 is 1.61 bits per heavy atom. The van der Waals surface area contributed by atoms with Gasteiger partial charge in [0, 0.05) is 6.42 Å². The van der Waals surface area contributed by atoms with Gasteiger partial charge in [-0.25, -0.2) is 4.79 Å². The molecule has 2 atom stereocenters. The summed E-state index contributed by atoms with van der Waals surface area (Å²) in [6.45, 7) is 3.84. The van der Waals surface area contributed by atoms with Crippen molar-refractivity contribution in [2.24, 2.45) is 17.4 Å². The molecule has 4 amide bonds. The summed E-state index contributed by atoms with van der Waals surface area (Å²) < 4.78 is 0. The number of rotatable bonds is 8. The van der Waals surface area contributed by atoms with E-state index in [9.17, 15) is 14.4 Å². The van der Waals surface area contributed by atoms with E-state index in [1.54, 1.807) is 0 Å². The van der Waals surface area contributed by atoms with Crippen LogP contribution < -0.4 is 22.1 Å². The highest BCUT2D eigenvalue weighted by molar-refractivity contribution is 5.91. The monoisotopic (exact) mass is 320 g/mol. The van der Waals surface area contributed by atoms with Gasteiger partial charge in [0.2, 0.25) is 11.8 Å². The molecule has 0 bridgehead atoms. The molecule has 6 N–H and O–H groups in total. The van der Waals surface area contributed by atoms with E-state index in [0.717, 1.165) is 5.56 Å². The second kappa shape index (κ2) is 8.77. The van der Waals surface area contributed by atoms with Gasteiger partial charge in [-0.1, -0.05) is 44.2 Å². The normalized spacial score (nSPS) is 13.2. The molecule has 23 heavy (non-hydrogen) atoms. The molecule has 0 unspecified atom stereocenters. The fraction of sp³-hybridized carbons (Fsp3) is 0.438. The van der Waals surface area contributed by atoms with Gasteiger partial charge in [-0.3, -0.25) is 9.59 Å². The molecular weight excluding hydrogens is 296 g/mol. The van der Waals surface area contributed by atoms with Crippen molar-refractivity contribution in [2.45, 2.75) is 38.8 Å². The second-order valence-electron chi connectivity index (χ2n) is 5.84. The van der Waals surface area contributed by atoms with Crippen LogP contribution in [-0.4, -0.2) is 29.9 Å². The highest BCUT2D eigenvalue weighted by Gasteiger charge is 2.25. The first-order valence-corrected chi connectivity index (χ1v) is 7.49. The Hall–Kier alpha value is -2.57. The molecule has 0 saturated carbocycles. The minimum absolute atomic E-state index is 0.185. The Balaban J connectivity index is 2.82. The van der Waals surface area contributed by atoms with Gasteiger partial charge in [0.1, 0.15) is 12.1 Å². The number of carbonyl (C=O) groups is 3. The summed E-state index contributed by atoms with van der Waals surface area (Å²) in [5, 5.41) is 4.99. The maximum Gasteiger partial charge on any atom is 0.312 e. The van der Waals surface area contributed by atoms with Gasteiger partial charge in [-0.05, 0) is 17.9 Å². The number of nitrogens with two attached hydrogens (primary N) is 2. The molecule has 0 fully saturated rings. The lowest BCUT2D eigenvalue weighted by Crippen LogP contribution is -2.54. The lowest BCUT2D eigenvalue weighted by atomic mass is 10.0. The molecule has 0 aliphatic rings. The molecule has 0 aromatic heterocycles. The highest BCUT2D eigenvalue weighted by Crippen LogP contribution is 2.07. The Morgan fingerprint density at radius 1 is 1.00 bits per heavy atom. The summed E-state index contributed by atoms with van der Waals surface area (Å²) in [6, 6.07) is 6.73. The van der Waals surface area contributed by atoms with E-state index < -0.39 is 29.9 Å². The van der Waals surface area contributed by atoms with Crippen LogP contribution in [0.2, 0.25) is 0 Å². The summed E-state index contributed by atoms with van der Waals surface area (Å²) in [6.07, 6.45) is 0.693. The van der Waals surface area contributed by atoms with E-state index in [0.29, 0.717) is 6.42 Å². The quantitative estimate of drug-likeness (QED) is 0.549. The van der Waals surface area contributed by atoms with Crippen LogP contribution in [-0.2, 0) is 16.0 Å². The SMILES string of the molecule is CC(C)C[C@H](NC(=O)[C@H](Cc1ccccc1)NC(N)=O)C(N)=O. The molecule has 0 saturated heterocycles. The van der Waals surface area contributed by atoms with Gasteiger partial charge >= 0.3 is 6.03 Å². The van der Waals surface area contributed by atoms with Gasteiger partial charge in [-0.2, -0.15) is 0 Å². The Morgan fingerprint density at radius 3 is 2.09 bits per heavy atom. The van der Waals surface area contributed by atoms with Crippen molar-refractivity contribution in [1.29, 1.82) is 0 Å². The van der Waals surface area contributed by atoms with Crippen molar-refractivity contribution in [3.05, 3.63) is 35.9 Å². The van der Waals surface area contributed by atoms with Gasteiger partial charge in [0.15, 0.2) is 0 Å². The van der Waals surface area contributed by atoms with Gasteiger partial charge in [-0.15, -0.1) is 0 Å². The van der Waals surface area contributed by atoms with Crippen LogP contribution in [0.15, 0.2) is 30.3 Å². The Bertz CT molecular complexity index is 546. The molecule has 1 rings (SSSR count). The highest BCUT2D eigenvalue weighted by atomic mass is 16.2. The molecule has 1 aromatic rings. The number of nitrogens with one attached hydrogen (secondary N) is 2. The van der Waals surface area contributed by atoms with Crippen LogP contribution in [0.3, 0.4) is 0 Å². The zero-order valence-corrected chi connectivity index (χ0v) is 13.4. The zero-order valence-electron chi connectivity index (χ0n) is 13.4. The van der Waals surface area contributed by atoms with Crippen molar-refractivity contribution in [3.63, 3.8) is 0 Å². The first-order valence-electron chi connectivity index (χ1n) is 7.49. The topological polar surface area (TPSA) is 127 Å². The van der Waals surface area contributed by atoms with Crippen LogP contribution in [0.25, 0.3) is 0 Å². The molecule has 126 valence electrons. The third kappa shape index (κ3) is 6.82. The summed E-state index contributed by atoms with van der Waals surface area (Å²) >= 11 is 0. The van der Waals surface area contributed by atoms with Crippen LogP contribution in [0.4, 0.5) is 4.79 Å². The van der Waals surface area contributed by atoms with E-state index in [1.165, 1.54) is 0 Å². The van der Waals surface area contributed by atoms with Crippen molar-refractivity contribution in [3.8, 4) is 0 Å². The van der Waals surface area contributed by atoms with Crippen LogP contribution >= 0.6 is 0 Å². The van der Waals surface area contributed by atoms with E-state index in [2.05, 4.69) is 10.6 Å². The third-order valence-corrected chi connectivity index (χ3v) is 3.28. The van der Waals surface area contributed by atoms with Crippen molar-refractivity contribution >= 4 is 17.8 Å². The summed E-state index contributed by atoms with van der Waals surface area (Å²) in [5.41, 5.74) is 11.3. The number of benzene rings is 1. The number of carbonyl (C=O) groups excluding carboxylic acids is 3. The number of amides is 4. The minimum Gasteiger partial charge on any atom is -0.368 e. The molecule has 1 aromatic carbocycles. The van der Waals surface area contributed by atoms with Crippen molar-refractivity contribution in [2.75, 3.05) is 0 Å². The summed E-state index contributed by atoms with van der Waals surface area (Å²) in [4.78, 5) is 35.0. The number of primary amides is 2. The molecule has 0 aliphatic heterocycles. The zero-order chi connectivity index (χ0) is 17.4. The molecule has 0 radical (unpaired) electrons. The van der Waals surface area contributed by atoms with Crippen LogP contribution in [0.5, 0.6) is 0 Å². The minimum atomic E-state index is -0.871. The molecule has 7 heteroatoms. The summed E-state index contributed by atoms with van der Waals surface area (Å²) in [5.74, 6) is -0.911. The fourth-order valence-electron chi connectivity index (χ4n) is 2.22. The Kier molecular flexibility index (Phi) is 7.05. The van der Waals surface area contributed by atoms with Gasteiger partial charge in [0.05, 0.1) is 0 Å². The predicted molar refractivity (Wildman–Crippen MR) is 87.2 cm³/mol. The largest absolute Gasteiger partial charge is 0.368 e. The molecule has 7 nitrogen and oxygen atoms in total. The average Bonchev–Trinajstić information content (AvgIpc) is 2.45. The molecule has 0 spiro atoms. The lowest BCUT2D eigenvalue weighted by Gasteiger charge is -2.22. The van der Waals surface area contributed by atoms with E-state index in [1.807, 2.05) is 44.2 Å². The molecule has 0 aliphatic carbocycles. The van der Waals surface area contributed by atoms with Crippen LogP contribution in [0, 0.1) is 5.92 Å². The number of hydrogen-bond acceptors (Lipinski definition) is 3. The van der Waals surface area contributed by atoms with Crippen LogP contribution in [0.1, 0.15) is 25.8 Å². The third-order valence-electron chi connectivity index (χ3n) is 3.28. The van der Waals surface area contributed by atoms with Crippen molar-refractivity contribution < 1.29 is 14.4 Å². The van der Waals surface area contributed by atoms with Gasteiger partial charge in [0.25, 0.3) is 0 Å². The maximum absolute atomic E-state index is 12.4. The number of hydrogen-bond donors (Lipinski definition) is 4. The number of urea groups is 1. The first kappa shape index (κ1) is 18.5. The van der Waals surface area contributed by atoms with Gasteiger partial charge < -0.3 is 22.1 Å². The second-order valence-corrected chi connectivity index (χ2v) is 5.84. The average molecular weight is 320 g/mol. The van der Waals surface area contributed by atoms with E-state index in [4.69, 9.17) is 11.5 Å². The van der Waals surface area contributed by atoms with E-state index >= 15 is 0 Å². The first-order chi connectivity index (χ1) is 10.8. The lowest BCUT2D eigenvalue weighted by molar-refractivity contribution is -0.128. The molecular formula is C16H24N4O3. The molecule has 0 heterocycles. The van der Waals surface area contributed by atoms with E-state index in [-0.39, 0.29) is 12.3 Å². The summed E-state index contributed by atoms with van der Waals surface area (Å²) in [7, 11) is 0. The predicted octanol–water partition coefficient (Wildman–Crippen LogP) is 0.282.